The summed E-state index contributed by atoms with van der Waals surface area (Å²) in [6.07, 6.45) is 3.36. The third kappa shape index (κ3) is 3.19. The summed E-state index contributed by atoms with van der Waals surface area (Å²) in [6, 6.07) is 8.87. The quantitative estimate of drug-likeness (QED) is 0.549. The maximum atomic E-state index is 13.7. The van der Waals surface area contributed by atoms with Gasteiger partial charge in [-0.15, -0.1) is 0 Å². The van der Waals surface area contributed by atoms with Gasteiger partial charge in [0.05, 0.1) is 23.2 Å². The predicted octanol–water partition coefficient (Wildman–Crippen LogP) is 4.34. The van der Waals surface area contributed by atoms with Gasteiger partial charge >= 0.3 is 5.97 Å². The Bertz CT molecular complexity index is 981. The van der Waals surface area contributed by atoms with E-state index in [1.54, 1.807) is 24.3 Å². The van der Waals surface area contributed by atoms with E-state index in [-0.39, 0.29) is 29.6 Å². The zero-order valence-electron chi connectivity index (χ0n) is 19.6. The van der Waals surface area contributed by atoms with Crippen LogP contribution in [0.1, 0.15) is 64.2 Å². The van der Waals surface area contributed by atoms with Crippen LogP contribution in [0, 0.1) is 29.1 Å². The van der Waals surface area contributed by atoms with Crippen molar-refractivity contribution in [1.29, 1.82) is 0 Å². The van der Waals surface area contributed by atoms with Crippen LogP contribution in [0.3, 0.4) is 0 Å². The molecular formula is C27H34O5. The zero-order chi connectivity index (χ0) is 23.1. The number of aliphatic hydroxyl groups is 1. The molecule has 0 bridgehead atoms. The fourth-order valence-corrected chi connectivity index (χ4v) is 6.70. The second-order valence-electron chi connectivity index (χ2n) is 11.4. The van der Waals surface area contributed by atoms with Crippen LogP contribution < -0.4 is 0 Å². The van der Waals surface area contributed by atoms with Gasteiger partial charge in [0.1, 0.15) is 11.7 Å². The molecule has 1 N–H and O–H groups in total. The number of ketones is 1. The van der Waals surface area contributed by atoms with Crippen LogP contribution in [0.15, 0.2) is 42.0 Å². The van der Waals surface area contributed by atoms with Crippen LogP contribution in [0.25, 0.3) is 0 Å². The lowest BCUT2D eigenvalue weighted by atomic mass is 9.77. The topological polar surface area (TPSA) is 76.1 Å². The monoisotopic (exact) mass is 438 g/mol. The van der Waals surface area contributed by atoms with Crippen LogP contribution in [-0.2, 0) is 14.3 Å². The number of esters is 1. The molecule has 32 heavy (non-hydrogen) atoms. The number of carbonyl (C=O) groups excluding carboxylic acids is 2. The highest BCUT2D eigenvalue weighted by Crippen LogP contribution is 2.64. The molecule has 5 nitrogen and oxygen atoms in total. The van der Waals surface area contributed by atoms with Crippen LogP contribution in [0.2, 0.25) is 0 Å². The Morgan fingerprint density at radius 1 is 1.19 bits per heavy atom. The molecule has 3 fully saturated rings. The third-order valence-electron chi connectivity index (χ3n) is 8.89. The fourth-order valence-electron chi connectivity index (χ4n) is 6.70. The van der Waals surface area contributed by atoms with Crippen LogP contribution in [0.5, 0.6) is 0 Å². The first-order chi connectivity index (χ1) is 15.0. The van der Waals surface area contributed by atoms with Crippen LogP contribution >= 0.6 is 0 Å². The minimum Gasteiger partial charge on any atom is -0.458 e. The number of benzene rings is 1. The van der Waals surface area contributed by atoms with Crippen molar-refractivity contribution in [1.82, 2.24) is 0 Å². The van der Waals surface area contributed by atoms with Crippen molar-refractivity contribution in [3.8, 4) is 0 Å². The third-order valence-corrected chi connectivity index (χ3v) is 8.89. The lowest BCUT2D eigenvalue weighted by Gasteiger charge is -2.31. The number of epoxide rings is 1. The van der Waals surface area contributed by atoms with Gasteiger partial charge in [-0.05, 0) is 74.0 Å². The summed E-state index contributed by atoms with van der Waals surface area (Å²) in [4.78, 5) is 26.5. The van der Waals surface area contributed by atoms with Gasteiger partial charge in [-0.2, -0.15) is 0 Å². The van der Waals surface area contributed by atoms with Gasteiger partial charge in [0.25, 0.3) is 0 Å². The minimum atomic E-state index is -1.59. The highest BCUT2D eigenvalue weighted by atomic mass is 16.6. The van der Waals surface area contributed by atoms with E-state index in [4.69, 9.17) is 9.47 Å². The Labute approximate surface area is 190 Å². The van der Waals surface area contributed by atoms with Crippen molar-refractivity contribution in [3.63, 3.8) is 0 Å². The van der Waals surface area contributed by atoms with E-state index in [0.717, 1.165) is 12.8 Å². The number of carbonyl (C=O) groups is 2. The van der Waals surface area contributed by atoms with E-state index in [1.165, 1.54) is 0 Å². The summed E-state index contributed by atoms with van der Waals surface area (Å²) in [5.41, 5.74) is -0.745. The summed E-state index contributed by atoms with van der Waals surface area (Å²) in [7, 11) is 0. The largest absolute Gasteiger partial charge is 0.458 e. The zero-order valence-corrected chi connectivity index (χ0v) is 19.6. The molecule has 1 heterocycles. The van der Waals surface area contributed by atoms with Crippen molar-refractivity contribution in [2.45, 2.75) is 77.3 Å². The van der Waals surface area contributed by atoms with Gasteiger partial charge in [0.15, 0.2) is 5.78 Å². The van der Waals surface area contributed by atoms with Gasteiger partial charge in [-0.1, -0.05) is 45.0 Å². The molecule has 1 unspecified atom stereocenters. The first-order valence-electron chi connectivity index (χ1n) is 11.9. The van der Waals surface area contributed by atoms with E-state index in [0.29, 0.717) is 23.0 Å². The number of hydrogen-bond acceptors (Lipinski definition) is 5. The lowest BCUT2D eigenvalue weighted by Crippen LogP contribution is -2.49. The Kier molecular flexibility index (Phi) is 4.78. The molecule has 3 aliphatic carbocycles. The number of rotatable bonds is 2. The first kappa shape index (κ1) is 21.8. The molecule has 0 aromatic heterocycles. The van der Waals surface area contributed by atoms with Gasteiger partial charge in [-0.25, -0.2) is 4.79 Å². The average Bonchev–Trinajstić information content (AvgIpc) is 3.52. The Morgan fingerprint density at radius 2 is 1.88 bits per heavy atom. The molecule has 1 aliphatic heterocycles. The van der Waals surface area contributed by atoms with Crippen molar-refractivity contribution in [2.24, 2.45) is 29.1 Å². The molecule has 1 aromatic carbocycles. The van der Waals surface area contributed by atoms with E-state index in [1.807, 2.05) is 19.9 Å². The van der Waals surface area contributed by atoms with Gasteiger partial charge in [0.2, 0.25) is 0 Å². The highest BCUT2D eigenvalue weighted by Gasteiger charge is 2.70. The summed E-state index contributed by atoms with van der Waals surface area (Å²) < 4.78 is 12.2. The Hall–Kier alpha value is -1.98. The summed E-state index contributed by atoms with van der Waals surface area (Å²) >= 11 is 0. The second kappa shape index (κ2) is 7.01. The molecule has 8 atom stereocenters. The molecule has 172 valence electrons. The molecule has 2 saturated carbocycles. The molecule has 0 spiro atoms. The van der Waals surface area contributed by atoms with Gasteiger partial charge in [0, 0.05) is 0 Å². The second-order valence-corrected chi connectivity index (χ2v) is 11.4. The normalized spacial score (nSPS) is 45.9. The van der Waals surface area contributed by atoms with Crippen molar-refractivity contribution < 1.29 is 24.2 Å². The Balaban J connectivity index is 1.50. The first-order valence-corrected chi connectivity index (χ1v) is 11.9. The number of allylic oxidation sites excluding steroid dienone is 1. The lowest BCUT2D eigenvalue weighted by molar-refractivity contribution is -0.140. The average molecular weight is 439 g/mol. The maximum absolute atomic E-state index is 13.7. The molecule has 5 rings (SSSR count). The number of Topliss-reactive ketones (excluding diaryl/α,β-unsaturated/α-hetero) is 1. The van der Waals surface area contributed by atoms with Crippen LogP contribution in [-0.4, -0.2) is 40.3 Å². The number of hydrogen-bond donors (Lipinski definition) is 1. The molecule has 4 aliphatic rings. The molecule has 1 aromatic rings. The highest BCUT2D eigenvalue weighted by molar-refractivity contribution is 6.02. The minimum absolute atomic E-state index is 0.157. The van der Waals surface area contributed by atoms with E-state index in [2.05, 4.69) is 26.8 Å². The molecule has 5 heteroatoms. The molecule has 0 radical (unpaired) electrons. The SMILES string of the molecule is C/C1=C/[C@@H]2[C@H](CC[C@@]3(C)O[C@@H]3[C@@H]3[C@@H](OC(=O)c4ccccc4)C(C)C[C@]3(O)C1=O)C2(C)C. The maximum Gasteiger partial charge on any atom is 0.338 e. The number of ether oxygens (including phenoxy) is 2. The fraction of sp³-hybridized carbons (Fsp3) is 0.630. The summed E-state index contributed by atoms with van der Waals surface area (Å²) in [5, 5.41) is 11.9. The summed E-state index contributed by atoms with van der Waals surface area (Å²) in [6.45, 7) is 10.4. The molecular weight excluding hydrogens is 404 g/mol. The molecule has 1 saturated heterocycles. The van der Waals surface area contributed by atoms with Gasteiger partial charge < -0.3 is 14.6 Å². The smallest absolute Gasteiger partial charge is 0.338 e. The van der Waals surface area contributed by atoms with Crippen molar-refractivity contribution >= 4 is 11.8 Å². The van der Waals surface area contributed by atoms with Crippen molar-refractivity contribution in [3.05, 3.63) is 47.5 Å². The van der Waals surface area contributed by atoms with E-state index < -0.39 is 29.2 Å². The standard InChI is InChI=1S/C27H34O5/c1-15-13-19-18(25(19,3)4)11-12-26(5)23(32-26)20-21(16(2)14-27(20,30)22(15)28)31-24(29)17-9-7-6-8-10-17/h6-10,13,16,18-21,23,30H,11-12,14H2,1-5H3/b15-13-/t16?,18-,19+,20-,21-,23+,26+,27+/m0/s1. The van der Waals surface area contributed by atoms with E-state index in [9.17, 15) is 14.7 Å². The Morgan fingerprint density at radius 3 is 2.56 bits per heavy atom. The number of fused-ring (bicyclic) bond motifs is 4. The van der Waals surface area contributed by atoms with E-state index >= 15 is 0 Å². The molecule has 0 amide bonds. The predicted molar refractivity (Wildman–Crippen MR) is 120 cm³/mol. The van der Waals surface area contributed by atoms with Gasteiger partial charge in [-0.3, -0.25) is 4.79 Å². The summed E-state index contributed by atoms with van der Waals surface area (Å²) in [5.74, 6) is -0.535. The van der Waals surface area contributed by atoms with Crippen molar-refractivity contribution in [2.75, 3.05) is 0 Å². The van der Waals surface area contributed by atoms with Crippen LogP contribution in [0.4, 0.5) is 0 Å².